The highest BCUT2D eigenvalue weighted by Crippen LogP contribution is 2.30. The molecule has 0 radical (unpaired) electrons. The van der Waals surface area contributed by atoms with Gasteiger partial charge in [0.2, 0.25) is 23.6 Å². The van der Waals surface area contributed by atoms with Crippen LogP contribution in [0.5, 0.6) is 0 Å². The Balaban J connectivity index is 1.67. The Hall–Kier alpha value is -5.38. The van der Waals surface area contributed by atoms with Gasteiger partial charge >= 0.3 is 12.1 Å². The summed E-state index contributed by atoms with van der Waals surface area (Å²) >= 11 is 0. The number of nitrogens with one attached hydrogen (secondary N) is 6. The number of likely N-dealkylation sites (N-methyl/N-ethyl adjacent to an activating group) is 2. The first-order chi connectivity index (χ1) is 38.6. The van der Waals surface area contributed by atoms with Gasteiger partial charge in [-0.2, -0.15) is 0 Å². The smallest absolute Gasteiger partial charge is 0.410 e. The molecule has 2 aromatic rings. The summed E-state index contributed by atoms with van der Waals surface area (Å²) in [7, 11) is 6.58. The molecule has 20 nitrogen and oxygen atoms in total. The predicted octanol–water partition coefficient (Wildman–Crippen LogP) is 6.81. The first-order valence-corrected chi connectivity index (χ1v) is 29.8. The third-order valence-electron chi connectivity index (χ3n) is 16.2. The van der Waals surface area contributed by atoms with Crippen molar-refractivity contribution in [3.05, 3.63) is 65.7 Å². The summed E-state index contributed by atoms with van der Waals surface area (Å²) < 4.78 is 17.9. The maximum atomic E-state index is 14.8. The maximum Gasteiger partial charge on any atom is 0.410 e. The number of rotatable bonds is 34. The van der Waals surface area contributed by atoms with Crippen molar-refractivity contribution < 1.29 is 48.1 Å². The van der Waals surface area contributed by atoms with Gasteiger partial charge in [-0.25, -0.2) is 9.59 Å². The van der Waals surface area contributed by atoms with Gasteiger partial charge in [-0.05, 0) is 100 Å². The minimum absolute atomic E-state index is 0.00729. The number of hydrogen-bond acceptors (Lipinski definition) is 13. The third kappa shape index (κ3) is 22.0. The molecule has 1 aliphatic rings. The molecule has 0 aromatic heterocycles. The average molecular weight is 1150 g/mol. The maximum absolute atomic E-state index is 14.8. The molecule has 12 atom stereocenters. The third-order valence-corrected chi connectivity index (χ3v) is 16.2. The molecule has 82 heavy (non-hydrogen) atoms. The highest BCUT2D eigenvalue weighted by atomic mass is 16.6. The zero-order chi connectivity index (χ0) is 61.6. The van der Waals surface area contributed by atoms with Crippen LogP contribution < -0.4 is 37.6 Å². The van der Waals surface area contributed by atoms with Gasteiger partial charge in [-0.3, -0.25) is 19.2 Å². The van der Waals surface area contributed by atoms with Crippen LogP contribution in [0.2, 0.25) is 0 Å². The van der Waals surface area contributed by atoms with Crippen molar-refractivity contribution in [2.24, 2.45) is 35.3 Å². The standard InChI is InChI=1S/C62H106N10O10/c1-18-41(8)54(51(80-16)34-52(73)72-33-23-27-49(72)56(81-17)42(9)57(75)67-43(10)55(74)45-24-20-19-21-25-45)71(15)59(77)53(40(6)7)66-36-50(39(4)5)70(14)61(79)82-37-44-28-30-46(31-29-44)68-58(76)47(26-22-32-64-60(63)78)65-35-48(38(2)3)69-62(11,12)13/h19-21,24-25,28-31,38-43,47-51,53-56,65-66,69,74H,18,22-23,26-27,32-37H2,1-17H3,(H,67,75)(H,68,76)(H3,63,64,78)/t41-,42+,43+,47-,48+,49-,50+,51+,53-,54-,55+,56+/m0/s1. The van der Waals surface area contributed by atoms with E-state index >= 15 is 0 Å². The summed E-state index contributed by atoms with van der Waals surface area (Å²) in [6, 6.07) is 12.8. The number of aliphatic hydroxyl groups excluding tert-OH is 1. The SMILES string of the molecule is CC[C@H](C)[C@@H]([C@@H](CC(=O)N1CCC[C@H]1[C@H](OC)[C@@H](C)C(=O)N[C@H](C)[C@@H](O)c1ccccc1)OC)N(C)C(=O)[C@@H](NC[C@H](C(C)C)N(C)C(=O)OCc1ccc(NC(=O)[C@H](CCCNC(N)=O)NC[C@@H](NC(C)(C)C)C(C)C)cc1)C(C)C. The van der Waals surface area contributed by atoms with E-state index in [9.17, 15) is 33.9 Å². The Morgan fingerprint density at radius 3 is 2.01 bits per heavy atom. The van der Waals surface area contributed by atoms with Crippen LogP contribution in [0.15, 0.2) is 54.6 Å². The van der Waals surface area contributed by atoms with Crippen molar-refractivity contribution in [3.8, 4) is 0 Å². The van der Waals surface area contributed by atoms with Gasteiger partial charge in [0.15, 0.2) is 0 Å². The fourth-order valence-electron chi connectivity index (χ4n) is 11.0. The normalized spacial score (nSPS) is 17.9. The molecule has 0 unspecified atom stereocenters. The average Bonchev–Trinajstić information content (AvgIpc) is 4.04. The van der Waals surface area contributed by atoms with Crippen LogP contribution in [-0.2, 0) is 40.0 Å². The molecule has 1 aliphatic heterocycles. The summed E-state index contributed by atoms with van der Waals surface area (Å²) in [5, 5.41) is 30.1. The van der Waals surface area contributed by atoms with E-state index in [1.54, 1.807) is 81.1 Å². The second-order valence-corrected chi connectivity index (χ2v) is 24.7. The molecular formula is C62H106N10O10. The number of carbonyl (C=O) groups is 6. The fourth-order valence-corrected chi connectivity index (χ4v) is 11.0. The number of hydrogen-bond donors (Lipinski definition) is 8. The van der Waals surface area contributed by atoms with Gasteiger partial charge < -0.3 is 71.7 Å². The van der Waals surface area contributed by atoms with Gasteiger partial charge in [0, 0.05) is 77.8 Å². The zero-order valence-corrected chi connectivity index (χ0v) is 52.7. The summed E-state index contributed by atoms with van der Waals surface area (Å²) in [5.74, 6) is -1.35. The Labute approximate surface area is 491 Å². The van der Waals surface area contributed by atoms with Crippen LogP contribution in [0.4, 0.5) is 15.3 Å². The number of primary amides is 1. The molecule has 20 heteroatoms. The van der Waals surface area contributed by atoms with Crippen molar-refractivity contribution in [1.29, 1.82) is 0 Å². The first-order valence-electron chi connectivity index (χ1n) is 29.8. The van der Waals surface area contributed by atoms with Gasteiger partial charge in [-0.15, -0.1) is 0 Å². The highest BCUT2D eigenvalue weighted by Gasteiger charge is 2.43. The molecule has 7 amide bonds. The first kappa shape index (κ1) is 70.9. The second kappa shape index (κ2) is 34.4. The molecule has 0 bridgehead atoms. The van der Waals surface area contributed by atoms with E-state index in [2.05, 4.69) is 73.4 Å². The van der Waals surface area contributed by atoms with Gasteiger partial charge in [-0.1, -0.05) is 111 Å². The molecule has 3 rings (SSSR count). The number of nitrogens with zero attached hydrogens (tertiary/aromatic N) is 3. The van der Waals surface area contributed by atoms with Crippen LogP contribution in [0, 0.1) is 29.6 Å². The number of likely N-dealkylation sites (tertiary alicyclic amines) is 1. The van der Waals surface area contributed by atoms with Crippen molar-refractivity contribution >= 4 is 41.4 Å². The summed E-state index contributed by atoms with van der Waals surface area (Å²) in [5.41, 5.74) is 7.15. The number of ether oxygens (including phenoxy) is 3. The van der Waals surface area contributed by atoms with Crippen molar-refractivity contribution in [3.63, 3.8) is 0 Å². The van der Waals surface area contributed by atoms with E-state index in [4.69, 9.17) is 19.9 Å². The Kier molecular flexibility index (Phi) is 29.7. The topological polar surface area (TPSA) is 258 Å². The predicted molar refractivity (Wildman–Crippen MR) is 324 cm³/mol. The zero-order valence-electron chi connectivity index (χ0n) is 52.7. The van der Waals surface area contributed by atoms with Crippen molar-refractivity contribution in [2.75, 3.05) is 59.8 Å². The van der Waals surface area contributed by atoms with E-state index in [1.165, 1.54) is 0 Å². The number of aliphatic hydroxyl groups is 1. The number of methoxy groups -OCH3 is 2. The number of amides is 7. The van der Waals surface area contributed by atoms with Gasteiger partial charge in [0.1, 0.15) is 6.61 Å². The summed E-state index contributed by atoms with van der Waals surface area (Å²) in [4.78, 5) is 86.6. The molecule has 1 fully saturated rings. The van der Waals surface area contributed by atoms with Gasteiger partial charge in [0.25, 0.3) is 0 Å². The molecule has 2 aromatic carbocycles. The molecule has 464 valence electrons. The lowest BCUT2D eigenvalue weighted by Crippen LogP contribution is -2.58. The van der Waals surface area contributed by atoms with Crippen LogP contribution in [-0.4, -0.2) is 170 Å². The van der Waals surface area contributed by atoms with Crippen molar-refractivity contribution in [1.82, 2.24) is 41.3 Å². The lowest BCUT2D eigenvalue weighted by atomic mass is 9.89. The number of carbonyl (C=O) groups excluding carboxylic acids is 6. The lowest BCUT2D eigenvalue weighted by Gasteiger charge is -2.41. The van der Waals surface area contributed by atoms with E-state index in [0.717, 1.165) is 18.4 Å². The molecule has 9 N–H and O–H groups in total. The Morgan fingerprint density at radius 2 is 1.46 bits per heavy atom. The summed E-state index contributed by atoms with van der Waals surface area (Å²) in [6.07, 6.45) is 0.421. The number of benzene rings is 2. The molecular weight excluding hydrogens is 1040 g/mol. The van der Waals surface area contributed by atoms with Crippen LogP contribution in [0.3, 0.4) is 0 Å². The monoisotopic (exact) mass is 1150 g/mol. The van der Waals surface area contributed by atoms with E-state index in [-0.39, 0.29) is 78.1 Å². The van der Waals surface area contributed by atoms with Crippen LogP contribution in [0.1, 0.15) is 146 Å². The minimum Gasteiger partial charge on any atom is -0.445 e. The Bertz CT molecular complexity index is 2270. The molecule has 1 heterocycles. The number of anilines is 1. The quantitative estimate of drug-likeness (QED) is 0.0336. The van der Waals surface area contributed by atoms with E-state index in [0.29, 0.717) is 62.6 Å². The number of nitrogens with two attached hydrogens (primary N) is 1. The molecule has 0 saturated carbocycles. The number of urea groups is 1. The van der Waals surface area contributed by atoms with Crippen molar-refractivity contribution in [2.45, 2.75) is 201 Å². The fraction of sp³-hybridized carbons (Fsp3) is 0.710. The van der Waals surface area contributed by atoms with Crippen LogP contribution in [0.25, 0.3) is 0 Å². The van der Waals surface area contributed by atoms with E-state index in [1.807, 2.05) is 65.0 Å². The molecule has 0 spiro atoms. The second-order valence-electron chi connectivity index (χ2n) is 24.7. The Morgan fingerprint density at radius 1 is 0.817 bits per heavy atom. The lowest BCUT2D eigenvalue weighted by molar-refractivity contribution is -0.147. The van der Waals surface area contributed by atoms with Crippen LogP contribution >= 0.6 is 0 Å². The van der Waals surface area contributed by atoms with E-state index < -0.39 is 60.5 Å². The molecule has 1 saturated heterocycles. The molecule has 0 aliphatic carbocycles. The highest BCUT2D eigenvalue weighted by molar-refractivity contribution is 5.94. The summed E-state index contributed by atoms with van der Waals surface area (Å²) in [6.45, 7) is 27.9. The largest absolute Gasteiger partial charge is 0.445 e. The van der Waals surface area contributed by atoms with Gasteiger partial charge in [0.05, 0.1) is 60.9 Å². The minimum atomic E-state index is -0.903.